The van der Waals surface area contributed by atoms with E-state index in [1.165, 1.54) is 44.9 Å². The zero-order chi connectivity index (χ0) is 7.66. The van der Waals surface area contributed by atoms with Crippen molar-refractivity contribution in [2.45, 2.75) is 51.9 Å². The molecule has 0 spiro atoms. The van der Waals surface area contributed by atoms with Gasteiger partial charge in [-0.3, -0.25) is 0 Å². The molecule has 0 nitrogen and oxygen atoms in total. The van der Waals surface area contributed by atoms with Gasteiger partial charge >= 0.3 is 0 Å². The van der Waals surface area contributed by atoms with Crippen molar-refractivity contribution in [3.05, 3.63) is 12.7 Å². The molecule has 0 aromatic carbocycles. The van der Waals surface area contributed by atoms with E-state index < -0.39 is 0 Å². The summed E-state index contributed by atoms with van der Waals surface area (Å²) in [5.74, 6) is 0. The first-order valence-electron chi connectivity index (χ1n) is 4.52. The maximum Gasteiger partial charge on any atom is 0 e. The molecule has 0 N–H and O–H groups in total. The Morgan fingerprint density at radius 1 is 1.00 bits per heavy atom. The smallest absolute Gasteiger partial charge is 0 e. The monoisotopic (exact) mass is 260 g/mol. The second kappa shape index (κ2) is 13.2. The molecule has 0 rings (SSSR count). The minimum Gasteiger partial charge on any atom is -0.103 e. The molecule has 1 heteroatoms. The molecule has 0 aliphatic carbocycles. The molecule has 0 heterocycles. The Hall–Kier alpha value is 0.539. The topological polar surface area (TPSA) is 0 Å². The summed E-state index contributed by atoms with van der Waals surface area (Å²) < 4.78 is 0. The van der Waals surface area contributed by atoms with Crippen LogP contribution in [0.5, 0.6) is 0 Å². The van der Waals surface area contributed by atoms with E-state index in [2.05, 4.69) is 13.5 Å². The van der Waals surface area contributed by atoms with Gasteiger partial charge in [-0.05, 0) is 12.8 Å². The number of allylic oxidation sites excluding steroid dienone is 1. The minimum atomic E-state index is 0. The van der Waals surface area contributed by atoms with Crippen LogP contribution < -0.4 is 0 Å². The zero-order valence-corrected chi connectivity index (χ0v) is 10.6. The predicted octanol–water partition coefficient (Wildman–Crippen LogP) is 3.54. The van der Waals surface area contributed by atoms with Gasteiger partial charge < -0.3 is 0 Å². The van der Waals surface area contributed by atoms with Gasteiger partial charge in [0, 0.05) is 23.9 Å². The Morgan fingerprint density at radius 2 is 1.55 bits per heavy atom. The van der Waals surface area contributed by atoms with E-state index >= 15 is 0 Å². The summed E-state index contributed by atoms with van der Waals surface area (Å²) in [6, 6.07) is 0. The van der Waals surface area contributed by atoms with Crippen molar-refractivity contribution < 1.29 is 0 Å². The van der Waals surface area contributed by atoms with Crippen molar-refractivity contribution in [1.29, 1.82) is 0 Å². The molecule has 0 aliphatic rings. The van der Waals surface area contributed by atoms with Crippen molar-refractivity contribution in [2.75, 3.05) is 0 Å². The third kappa shape index (κ3) is 13.5. The van der Waals surface area contributed by atoms with Gasteiger partial charge in [-0.15, -0.1) is 6.58 Å². The summed E-state index contributed by atoms with van der Waals surface area (Å²) in [4.78, 5) is 0. The maximum atomic E-state index is 3.69. The molecule has 4 radical (unpaired) electrons. The van der Waals surface area contributed by atoms with Crippen molar-refractivity contribution >= 4 is 23.9 Å². The Balaban J connectivity index is 0. The molecule has 0 fully saturated rings. The second-order valence-corrected chi connectivity index (χ2v) is 2.85. The molecular formula is C10H20Sn. The minimum absolute atomic E-state index is 0. The zero-order valence-electron chi connectivity index (χ0n) is 7.73. The van der Waals surface area contributed by atoms with Crippen molar-refractivity contribution in [2.24, 2.45) is 0 Å². The van der Waals surface area contributed by atoms with Gasteiger partial charge in [0.05, 0.1) is 0 Å². The first-order chi connectivity index (χ1) is 4.91. The third-order valence-electron chi connectivity index (χ3n) is 1.76. The Kier molecular flexibility index (Phi) is 16.8. The van der Waals surface area contributed by atoms with E-state index in [1.807, 2.05) is 6.08 Å². The predicted molar refractivity (Wildman–Crippen MR) is 53.9 cm³/mol. The van der Waals surface area contributed by atoms with Crippen LogP contribution in [-0.4, -0.2) is 23.9 Å². The van der Waals surface area contributed by atoms with Crippen LogP contribution in [0, 0.1) is 0 Å². The average Bonchev–Trinajstić information content (AvgIpc) is 1.97. The summed E-state index contributed by atoms with van der Waals surface area (Å²) in [6.45, 7) is 5.95. The number of unbranched alkanes of at least 4 members (excludes halogenated alkanes) is 6. The van der Waals surface area contributed by atoms with E-state index in [1.54, 1.807) is 0 Å². The quantitative estimate of drug-likeness (QED) is 0.372. The molecule has 11 heavy (non-hydrogen) atoms. The molecular weight excluding hydrogens is 239 g/mol. The van der Waals surface area contributed by atoms with Gasteiger partial charge in [0.15, 0.2) is 0 Å². The van der Waals surface area contributed by atoms with Crippen molar-refractivity contribution in [3.63, 3.8) is 0 Å². The molecule has 64 valence electrons. The number of rotatable bonds is 7. The van der Waals surface area contributed by atoms with Crippen LogP contribution >= 0.6 is 0 Å². The fourth-order valence-electron chi connectivity index (χ4n) is 1.07. The molecule has 0 bridgehead atoms. The second-order valence-electron chi connectivity index (χ2n) is 2.85. The average molecular weight is 259 g/mol. The van der Waals surface area contributed by atoms with Gasteiger partial charge in [-0.25, -0.2) is 0 Å². The molecule has 0 unspecified atom stereocenters. The fraction of sp³-hybridized carbons (Fsp3) is 0.800. The van der Waals surface area contributed by atoms with Crippen LogP contribution in [0.4, 0.5) is 0 Å². The van der Waals surface area contributed by atoms with Crippen molar-refractivity contribution in [3.8, 4) is 0 Å². The third-order valence-corrected chi connectivity index (χ3v) is 1.76. The Bertz CT molecular complexity index is 69.3. The molecule has 0 amide bonds. The van der Waals surface area contributed by atoms with Crippen LogP contribution in [0.2, 0.25) is 0 Å². The van der Waals surface area contributed by atoms with Crippen LogP contribution in [0.25, 0.3) is 0 Å². The molecule has 0 aliphatic heterocycles. The van der Waals surface area contributed by atoms with Crippen LogP contribution in [0.3, 0.4) is 0 Å². The standard InChI is InChI=1S/C10H20.Sn/c1-3-5-7-9-10-8-6-4-2;/h3H,1,4-10H2,2H3;. The summed E-state index contributed by atoms with van der Waals surface area (Å²) in [7, 11) is 0. The summed E-state index contributed by atoms with van der Waals surface area (Å²) in [5.41, 5.74) is 0. The van der Waals surface area contributed by atoms with Crippen molar-refractivity contribution in [1.82, 2.24) is 0 Å². The Labute approximate surface area is 88.4 Å². The summed E-state index contributed by atoms with van der Waals surface area (Å²) in [5, 5.41) is 0. The SMILES string of the molecule is C=CCCCCCCCC.[Sn]. The maximum absolute atomic E-state index is 3.69. The largest absolute Gasteiger partial charge is 0.103 e. The molecule has 0 saturated carbocycles. The number of hydrogen-bond acceptors (Lipinski definition) is 0. The van der Waals surface area contributed by atoms with Gasteiger partial charge in [0.1, 0.15) is 0 Å². The van der Waals surface area contributed by atoms with Gasteiger partial charge in [0.2, 0.25) is 0 Å². The number of hydrogen-bond donors (Lipinski definition) is 0. The molecule has 0 aromatic rings. The van der Waals surface area contributed by atoms with E-state index in [-0.39, 0.29) is 23.9 Å². The van der Waals surface area contributed by atoms with Gasteiger partial charge in [-0.2, -0.15) is 0 Å². The van der Waals surface area contributed by atoms with E-state index in [0.29, 0.717) is 0 Å². The first kappa shape index (κ1) is 14.1. The fourth-order valence-corrected chi connectivity index (χ4v) is 1.07. The van der Waals surface area contributed by atoms with E-state index in [4.69, 9.17) is 0 Å². The van der Waals surface area contributed by atoms with Crippen LogP contribution in [0.15, 0.2) is 12.7 Å². The van der Waals surface area contributed by atoms with Gasteiger partial charge in [-0.1, -0.05) is 45.1 Å². The summed E-state index contributed by atoms with van der Waals surface area (Å²) in [6.07, 6.45) is 11.6. The summed E-state index contributed by atoms with van der Waals surface area (Å²) >= 11 is 0. The molecule has 0 saturated heterocycles. The van der Waals surface area contributed by atoms with Gasteiger partial charge in [0.25, 0.3) is 0 Å². The first-order valence-corrected chi connectivity index (χ1v) is 4.52. The molecule has 0 atom stereocenters. The van der Waals surface area contributed by atoms with Crippen LogP contribution in [0.1, 0.15) is 51.9 Å². The normalized spacial score (nSPS) is 8.82. The van der Waals surface area contributed by atoms with Crippen LogP contribution in [-0.2, 0) is 0 Å². The molecule has 0 aromatic heterocycles. The van der Waals surface area contributed by atoms with E-state index in [0.717, 1.165) is 0 Å². The van der Waals surface area contributed by atoms with E-state index in [9.17, 15) is 0 Å². The Morgan fingerprint density at radius 3 is 2.09 bits per heavy atom.